The molecule has 6 nitrogen and oxygen atoms in total. The van der Waals surface area contributed by atoms with Gasteiger partial charge in [-0.3, -0.25) is 9.05 Å². The number of carbonyl (C=O) groups excluding carboxylic acids is 1. The van der Waals surface area contributed by atoms with Gasteiger partial charge in [-0.2, -0.15) is 0 Å². The van der Waals surface area contributed by atoms with Crippen molar-refractivity contribution in [2.75, 3.05) is 19.8 Å². The Balaban J connectivity index is 2.82. The molecule has 7 heteroatoms. The molecule has 1 aromatic rings. The molecule has 0 heterocycles. The van der Waals surface area contributed by atoms with Crippen LogP contribution in [0.25, 0.3) is 0 Å². The van der Waals surface area contributed by atoms with Crippen molar-refractivity contribution in [1.29, 1.82) is 0 Å². The van der Waals surface area contributed by atoms with E-state index < -0.39 is 13.8 Å². The first-order valence-electron chi connectivity index (χ1n) is 8.40. The van der Waals surface area contributed by atoms with Crippen LogP contribution >= 0.6 is 7.82 Å². The molecule has 1 aromatic carbocycles. The second-order valence-electron chi connectivity index (χ2n) is 5.16. The number of unbranched alkanes of at least 4 members (excludes halogenated alkanes) is 2. The van der Waals surface area contributed by atoms with Crippen LogP contribution in [0, 0.1) is 0 Å². The lowest BCUT2D eigenvalue weighted by Crippen LogP contribution is -2.07. The summed E-state index contributed by atoms with van der Waals surface area (Å²) in [6.07, 6.45) is 3.33. The van der Waals surface area contributed by atoms with E-state index in [-0.39, 0.29) is 25.6 Å². The monoisotopic (exact) mass is 358 g/mol. The Kier molecular flexibility index (Phi) is 9.69. The maximum absolute atomic E-state index is 12.8. The summed E-state index contributed by atoms with van der Waals surface area (Å²) in [6.45, 7) is 6.61. The molecule has 0 bridgehead atoms. The molecule has 24 heavy (non-hydrogen) atoms. The van der Waals surface area contributed by atoms with Crippen molar-refractivity contribution in [2.24, 2.45) is 0 Å². The van der Waals surface area contributed by atoms with E-state index in [0.717, 1.165) is 25.7 Å². The van der Waals surface area contributed by atoms with Gasteiger partial charge in [0.15, 0.2) is 0 Å². The summed E-state index contributed by atoms with van der Waals surface area (Å²) in [5.74, 6) is -0.214. The lowest BCUT2D eigenvalue weighted by atomic mass is 10.2. The van der Waals surface area contributed by atoms with Gasteiger partial charge in [-0.05, 0) is 38.0 Å². The van der Waals surface area contributed by atoms with Gasteiger partial charge in [0.1, 0.15) is 5.75 Å². The number of hydrogen-bond acceptors (Lipinski definition) is 6. The molecule has 0 saturated heterocycles. The second kappa shape index (κ2) is 11.2. The summed E-state index contributed by atoms with van der Waals surface area (Å²) in [4.78, 5) is 11.8. The van der Waals surface area contributed by atoms with E-state index in [1.807, 2.05) is 13.8 Å². The maximum atomic E-state index is 12.8. The van der Waals surface area contributed by atoms with Crippen LogP contribution in [0.3, 0.4) is 0 Å². The minimum absolute atomic E-state index is 0.247. The van der Waals surface area contributed by atoms with Crippen LogP contribution in [0.5, 0.6) is 5.75 Å². The number of phosphoric acid groups is 1. The SMILES string of the molecule is CCCCOP(=O)(OCCCC)Oc1cccc(C(=O)OCC)c1. The van der Waals surface area contributed by atoms with Crippen LogP contribution < -0.4 is 4.52 Å². The summed E-state index contributed by atoms with van der Waals surface area (Å²) in [5.41, 5.74) is 0.322. The molecule has 0 radical (unpaired) electrons. The fraction of sp³-hybridized carbons (Fsp3) is 0.588. The zero-order valence-electron chi connectivity index (χ0n) is 14.7. The first-order valence-corrected chi connectivity index (χ1v) is 9.86. The van der Waals surface area contributed by atoms with Crippen molar-refractivity contribution < 1.29 is 27.7 Å². The normalized spacial score (nSPS) is 11.3. The predicted octanol–water partition coefficient (Wildman–Crippen LogP) is 4.98. The zero-order chi connectivity index (χ0) is 17.8. The van der Waals surface area contributed by atoms with Gasteiger partial charge in [-0.25, -0.2) is 9.36 Å². The third kappa shape index (κ3) is 7.47. The van der Waals surface area contributed by atoms with Crippen molar-refractivity contribution in [3.63, 3.8) is 0 Å². The fourth-order valence-electron chi connectivity index (χ4n) is 1.75. The number of phosphoric ester groups is 1. The highest BCUT2D eigenvalue weighted by molar-refractivity contribution is 7.48. The highest BCUT2D eigenvalue weighted by atomic mass is 31.2. The average Bonchev–Trinajstić information content (AvgIpc) is 2.56. The summed E-state index contributed by atoms with van der Waals surface area (Å²) in [7, 11) is -3.72. The molecule has 0 N–H and O–H groups in total. The van der Waals surface area contributed by atoms with E-state index in [1.165, 1.54) is 6.07 Å². The van der Waals surface area contributed by atoms with Crippen LogP contribution in [0.4, 0.5) is 0 Å². The van der Waals surface area contributed by atoms with Crippen LogP contribution in [0.1, 0.15) is 56.8 Å². The molecule has 0 aliphatic rings. The van der Waals surface area contributed by atoms with Crippen molar-refractivity contribution in [3.8, 4) is 5.75 Å². The molecule has 1 rings (SSSR count). The Labute approximate surface area is 144 Å². The fourth-order valence-corrected chi connectivity index (χ4v) is 3.01. The largest absolute Gasteiger partial charge is 0.530 e. The number of esters is 1. The Morgan fingerprint density at radius 2 is 1.67 bits per heavy atom. The minimum atomic E-state index is -3.72. The molecule has 0 spiro atoms. The Morgan fingerprint density at radius 1 is 1.04 bits per heavy atom. The summed E-state index contributed by atoms with van der Waals surface area (Å²) in [5, 5.41) is 0. The summed E-state index contributed by atoms with van der Waals surface area (Å²) < 4.78 is 33.9. The van der Waals surface area contributed by atoms with Crippen molar-refractivity contribution in [2.45, 2.75) is 46.5 Å². The third-order valence-corrected chi connectivity index (χ3v) is 4.49. The molecule has 0 amide bonds. The molecule has 0 fully saturated rings. The third-order valence-electron chi connectivity index (χ3n) is 3.06. The zero-order valence-corrected chi connectivity index (χ0v) is 15.6. The molecule has 0 aliphatic heterocycles. The first kappa shape index (κ1) is 20.7. The quantitative estimate of drug-likeness (QED) is 0.298. The van der Waals surface area contributed by atoms with Crippen molar-refractivity contribution in [3.05, 3.63) is 29.8 Å². The highest BCUT2D eigenvalue weighted by Gasteiger charge is 2.28. The average molecular weight is 358 g/mol. The minimum Gasteiger partial charge on any atom is -0.462 e. The van der Waals surface area contributed by atoms with E-state index in [1.54, 1.807) is 25.1 Å². The molecular formula is C17H27O6P. The van der Waals surface area contributed by atoms with E-state index in [0.29, 0.717) is 5.56 Å². The molecule has 0 unspecified atom stereocenters. The highest BCUT2D eigenvalue weighted by Crippen LogP contribution is 2.49. The standard InChI is InChI=1S/C17H27O6P/c1-4-7-12-21-24(19,22-13-8-5-2)23-16-11-9-10-15(14-16)17(18)20-6-3/h9-11,14H,4-8,12-13H2,1-3H3. The van der Waals surface area contributed by atoms with Crippen molar-refractivity contribution >= 4 is 13.8 Å². The lowest BCUT2D eigenvalue weighted by Gasteiger charge is -2.18. The number of carbonyl (C=O) groups is 1. The number of ether oxygens (including phenoxy) is 1. The van der Waals surface area contributed by atoms with Gasteiger partial charge in [0, 0.05) is 0 Å². The maximum Gasteiger partial charge on any atom is 0.530 e. The molecule has 0 atom stereocenters. The molecule has 136 valence electrons. The van der Waals surface area contributed by atoms with E-state index in [2.05, 4.69) is 0 Å². The van der Waals surface area contributed by atoms with E-state index in [9.17, 15) is 9.36 Å². The van der Waals surface area contributed by atoms with Crippen LogP contribution in [0.15, 0.2) is 24.3 Å². The number of hydrogen-bond donors (Lipinski definition) is 0. The van der Waals surface area contributed by atoms with Crippen molar-refractivity contribution in [1.82, 2.24) is 0 Å². The van der Waals surface area contributed by atoms with Crippen LogP contribution in [0.2, 0.25) is 0 Å². The van der Waals surface area contributed by atoms with Gasteiger partial charge >= 0.3 is 13.8 Å². The van der Waals surface area contributed by atoms with Gasteiger partial charge in [-0.15, -0.1) is 0 Å². The topological polar surface area (TPSA) is 71.1 Å². The Morgan fingerprint density at radius 3 is 2.21 bits per heavy atom. The number of rotatable bonds is 12. The van der Waals surface area contributed by atoms with E-state index >= 15 is 0 Å². The Hall–Kier alpha value is -1.36. The Bertz CT molecular complexity index is 532. The molecule has 0 aliphatic carbocycles. The van der Waals surface area contributed by atoms with Crippen LogP contribution in [-0.4, -0.2) is 25.8 Å². The van der Waals surface area contributed by atoms with E-state index in [4.69, 9.17) is 18.3 Å². The van der Waals surface area contributed by atoms with Gasteiger partial charge in [-0.1, -0.05) is 32.8 Å². The molecule has 0 saturated carbocycles. The van der Waals surface area contributed by atoms with Gasteiger partial charge < -0.3 is 9.26 Å². The smallest absolute Gasteiger partial charge is 0.462 e. The van der Waals surface area contributed by atoms with Gasteiger partial charge in [0.2, 0.25) is 0 Å². The van der Waals surface area contributed by atoms with Crippen LogP contribution in [-0.2, 0) is 18.3 Å². The summed E-state index contributed by atoms with van der Waals surface area (Å²) >= 11 is 0. The first-order chi connectivity index (χ1) is 11.5. The van der Waals surface area contributed by atoms with Gasteiger partial charge in [0.25, 0.3) is 0 Å². The second-order valence-corrected chi connectivity index (χ2v) is 6.75. The molecular weight excluding hydrogens is 331 g/mol. The summed E-state index contributed by atoms with van der Waals surface area (Å²) in [6, 6.07) is 6.30. The predicted molar refractivity (Wildman–Crippen MR) is 92.4 cm³/mol. The molecule has 0 aromatic heterocycles. The van der Waals surface area contributed by atoms with Gasteiger partial charge in [0.05, 0.1) is 25.4 Å². The number of benzene rings is 1. The lowest BCUT2D eigenvalue weighted by molar-refractivity contribution is 0.0525.